The van der Waals surface area contributed by atoms with Gasteiger partial charge < -0.3 is 10.3 Å². The fourth-order valence-electron chi connectivity index (χ4n) is 1.93. The highest BCUT2D eigenvalue weighted by atomic mass is 16.2. The van der Waals surface area contributed by atoms with E-state index in [1.165, 1.54) is 11.0 Å². The number of para-hydroxylation sites is 2. The summed E-state index contributed by atoms with van der Waals surface area (Å²) in [6.07, 6.45) is 1.39. The van der Waals surface area contributed by atoms with Crippen molar-refractivity contribution in [2.45, 2.75) is 19.5 Å². The summed E-state index contributed by atoms with van der Waals surface area (Å²) in [7, 11) is 0. The highest BCUT2D eigenvalue weighted by molar-refractivity contribution is 5.77. The molecular weight excluding hydrogens is 258 g/mol. The molecule has 20 heavy (non-hydrogen) atoms. The maximum atomic E-state index is 11.8. The first-order chi connectivity index (χ1) is 9.72. The van der Waals surface area contributed by atoms with E-state index in [1.54, 1.807) is 0 Å². The molecule has 1 unspecified atom stereocenters. The molecule has 3 rings (SSSR count). The van der Waals surface area contributed by atoms with E-state index in [2.05, 4.69) is 30.8 Å². The van der Waals surface area contributed by atoms with Crippen LogP contribution >= 0.6 is 0 Å². The zero-order valence-corrected chi connectivity index (χ0v) is 10.8. The van der Waals surface area contributed by atoms with Crippen molar-refractivity contribution in [1.82, 2.24) is 35.5 Å². The number of imidazole rings is 1. The molecule has 2 N–H and O–H groups in total. The molecular formula is C12H13N7O. The fraction of sp³-hybridized carbons (Fsp3) is 0.250. The van der Waals surface area contributed by atoms with Crippen molar-refractivity contribution in [3.8, 4) is 0 Å². The molecule has 0 aliphatic carbocycles. The summed E-state index contributed by atoms with van der Waals surface area (Å²) < 4.78 is 1.36. The van der Waals surface area contributed by atoms with Gasteiger partial charge in [-0.25, -0.2) is 9.67 Å². The van der Waals surface area contributed by atoms with E-state index in [9.17, 15) is 4.79 Å². The van der Waals surface area contributed by atoms with Crippen LogP contribution in [0.1, 0.15) is 18.8 Å². The lowest BCUT2D eigenvalue weighted by Crippen LogP contribution is -2.30. The number of aromatic nitrogens is 6. The van der Waals surface area contributed by atoms with Gasteiger partial charge >= 0.3 is 0 Å². The van der Waals surface area contributed by atoms with Gasteiger partial charge in [0.25, 0.3) is 0 Å². The summed E-state index contributed by atoms with van der Waals surface area (Å²) in [5, 5.41) is 13.4. The van der Waals surface area contributed by atoms with Gasteiger partial charge in [0.05, 0.1) is 17.1 Å². The number of benzene rings is 1. The Morgan fingerprint density at radius 1 is 1.45 bits per heavy atom. The van der Waals surface area contributed by atoms with Crippen molar-refractivity contribution in [2.75, 3.05) is 0 Å². The third kappa shape index (κ3) is 2.48. The predicted molar refractivity (Wildman–Crippen MR) is 70.5 cm³/mol. The average Bonchev–Trinajstić information content (AvgIpc) is 3.06. The van der Waals surface area contributed by atoms with Gasteiger partial charge in [-0.15, -0.1) is 5.10 Å². The third-order valence-corrected chi connectivity index (χ3v) is 2.89. The number of amides is 1. The number of nitrogens with one attached hydrogen (secondary N) is 2. The lowest BCUT2D eigenvalue weighted by molar-refractivity contribution is -0.122. The van der Waals surface area contributed by atoms with E-state index in [0.29, 0.717) is 0 Å². The van der Waals surface area contributed by atoms with Gasteiger partial charge in [0.15, 0.2) is 0 Å². The van der Waals surface area contributed by atoms with Crippen LogP contribution < -0.4 is 5.32 Å². The van der Waals surface area contributed by atoms with Crippen molar-refractivity contribution in [2.24, 2.45) is 0 Å². The first-order valence-corrected chi connectivity index (χ1v) is 6.17. The topological polar surface area (TPSA) is 101 Å². The summed E-state index contributed by atoms with van der Waals surface area (Å²) in [5.41, 5.74) is 1.83. The molecule has 0 aliphatic heterocycles. The molecule has 3 aromatic rings. The van der Waals surface area contributed by atoms with E-state index >= 15 is 0 Å². The predicted octanol–water partition coefficient (Wildman–Crippen LogP) is 0.427. The molecule has 0 saturated carbocycles. The van der Waals surface area contributed by atoms with Gasteiger partial charge in [0.1, 0.15) is 18.7 Å². The summed E-state index contributed by atoms with van der Waals surface area (Å²) >= 11 is 0. The number of tetrazole rings is 1. The maximum absolute atomic E-state index is 11.8. The number of hydrogen-bond acceptors (Lipinski definition) is 5. The highest BCUT2D eigenvalue weighted by Gasteiger charge is 2.14. The molecule has 8 nitrogen and oxygen atoms in total. The Morgan fingerprint density at radius 2 is 2.30 bits per heavy atom. The normalized spacial score (nSPS) is 12.4. The monoisotopic (exact) mass is 271 g/mol. The zero-order chi connectivity index (χ0) is 13.9. The van der Waals surface area contributed by atoms with Gasteiger partial charge in [0, 0.05) is 0 Å². The van der Waals surface area contributed by atoms with Crippen LogP contribution in [0.4, 0.5) is 0 Å². The van der Waals surface area contributed by atoms with Crippen LogP contribution in [0.15, 0.2) is 30.6 Å². The number of fused-ring (bicyclic) bond motifs is 1. The number of aromatic amines is 1. The molecule has 102 valence electrons. The second-order valence-corrected chi connectivity index (χ2v) is 4.44. The van der Waals surface area contributed by atoms with Gasteiger partial charge in [-0.3, -0.25) is 4.79 Å². The largest absolute Gasteiger partial charge is 0.345 e. The Hall–Kier alpha value is -2.77. The van der Waals surface area contributed by atoms with Crippen LogP contribution in [-0.4, -0.2) is 36.1 Å². The number of H-pyrrole nitrogens is 1. The SMILES string of the molecule is CC(NC(=O)Cn1cnnn1)c1nc2ccccc2[nH]1. The quantitative estimate of drug-likeness (QED) is 0.716. The molecule has 2 heterocycles. The second kappa shape index (κ2) is 5.08. The first kappa shape index (κ1) is 12.3. The molecule has 2 aromatic heterocycles. The number of carbonyl (C=O) groups excluding carboxylic acids is 1. The molecule has 0 aliphatic rings. The summed E-state index contributed by atoms with van der Waals surface area (Å²) in [5.74, 6) is 0.543. The second-order valence-electron chi connectivity index (χ2n) is 4.44. The molecule has 0 spiro atoms. The number of rotatable bonds is 4. The Labute approximate surface area is 114 Å². The van der Waals surface area contributed by atoms with Crippen LogP contribution in [0.5, 0.6) is 0 Å². The average molecular weight is 271 g/mol. The third-order valence-electron chi connectivity index (χ3n) is 2.89. The minimum Gasteiger partial charge on any atom is -0.345 e. The Kier molecular flexibility index (Phi) is 3.12. The smallest absolute Gasteiger partial charge is 0.242 e. The molecule has 1 aromatic carbocycles. The van der Waals surface area contributed by atoms with E-state index in [0.717, 1.165) is 16.9 Å². The van der Waals surface area contributed by atoms with Crippen molar-refractivity contribution < 1.29 is 4.79 Å². The van der Waals surface area contributed by atoms with Crippen LogP contribution in [0, 0.1) is 0 Å². The summed E-state index contributed by atoms with van der Waals surface area (Å²) in [6.45, 7) is 1.95. The van der Waals surface area contributed by atoms with Crippen LogP contribution in [-0.2, 0) is 11.3 Å². The lowest BCUT2D eigenvalue weighted by atomic mass is 10.3. The highest BCUT2D eigenvalue weighted by Crippen LogP contribution is 2.15. The van der Waals surface area contributed by atoms with E-state index in [-0.39, 0.29) is 18.5 Å². The number of hydrogen-bond donors (Lipinski definition) is 2. The molecule has 0 fully saturated rings. The van der Waals surface area contributed by atoms with Gasteiger partial charge in [-0.2, -0.15) is 0 Å². The zero-order valence-electron chi connectivity index (χ0n) is 10.8. The van der Waals surface area contributed by atoms with Crippen molar-refractivity contribution in [1.29, 1.82) is 0 Å². The van der Waals surface area contributed by atoms with Crippen LogP contribution in [0.25, 0.3) is 11.0 Å². The van der Waals surface area contributed by atoms with Crippen molar-refractivity contribution >= 4 is 16.9 Å². The van der Waals surface area contributed by atoms with Gasteiger partial charge in [-0.1, -0.05) is 12.1 Å². The molecule has 0 bridgehead atoms. The maximum Gasteiger partial charge on any atom is 0.242 e. The number of nitrogens with zero attached hydrogens (tertiary/aromatic N) is 5. The van der Waals surface area contributed by atoms with E-state index < -0.39 is 0 Å². The minimum absolute atomic E-state index is 0.0809. The van der Waals surface area contributed by atoms with E-state index in [1.807, 2.05) is 31.2 Å². The molecule has 8 heteroatoms. The summed E-state index contributed by atoms with van der Waals surface area (Å²) in [6, 6.07) is 7.51. The van der Waals surface area contributed by atoms with E-state index in [4.69, 9.17) is 0 Å². The molecule has 0 saturated heterocycles. The summed E-state index contributed by atoms with van der Waals surface area (Å²) in [4.78, 5) is 19.5. The standard InChI is InChI=1S/C12H13N7O/c1-8(14-11(20)6-19-7-13-17-18-19)12-15-9-4-2-3-5-10(9)16-12/h2-5,7-8H,6H2,1H3,(H,14,20)(H,15,16). The van der Waals surface area contributed by atoms with Gasteiger partial charge in [-0.05, 0) is 29.5 Å². The van der Waals surface area contributed by atoms with Crippen molar-refractivity contribution in [3.63, 3.8) is 0 Å². The van der Waals surface area contributed by atoms with Gasteiger partial charge in [0.2, 0.25) is 5.91 Å². The fourth-order valence-corrected chi connectivity index (χ4v) is 1.93. The van der Waals surface area contributed by atoms with Crippen LogP contribution in [0.2, 0.25) is 0 Å². The number of carbonyl (C=O) groups is 1. The first-order valence-electron chi connectivity index (χ1n) is 6.17. The Morgan fingerprint density at radius 3 is 3.05 bits per heavy atom. The minimum atomic E-state index is -0.216. The molecule has 0 radical (unpaired) electrons. The molecule has 1 amide bonds. The van der Waals surface area contributed by atoms with Crippen molar-refractivity contribution in [3.05, 3.63) is 36.4 Å². The van der Waals surface area contributed by atoms with Crippen LogP contribution in [0.3, 0.4) is 0 Å². The Bertz CT molecular complexity index is 685. The molecule has 1 atom stereocenters. The lowest BCUT2D eigenvalue weighted by Gasteiger charge is -2.10. The Balaban J connectivity index is 1.69.